The van der Waals surface area contributed by atoms with Crippen molar-refractivity contribution in [3.05, 3.63) is 30.3 Å². The van der Waals surface area contributed by atoms with E-state index in [2.05, 4.69) is 5.32 Å². The number of benzene rings is 1. The van der Waals surface area contributed by atoms with E-state index < -0.39 is 30.8 Å². The van der Waals surface area contributed by atoms with Gasteiger partial charge in [0.25, 0.3) is 11.8 Å². The number of ether oxygens (including phenoxy) is 1. The van der Waals surface area contributed by atoms with Crippen molar-refractivity contribution < 1.29 is 23.1 Å². The molecule has 0 radical (unpaired) electrons. The van der Waals surface area contributed by atoms with E-state index in [1.807, 2.05) is 6.07 Å². The predicted octanol–water partition coefficient (Wildman–Crippen LogP) is 1.44. The van der Waals surface area contributed by atoms with E-state index in [1.54, 1.807) is 24.3 Å². The topological polar surface area (TPSA) is 84.7 Å². The number of hydrogen-bond donors (Lipinski definition) is 2. The number of carbonyl (C=O) groups is 2. The second kappa shape index (κ2) is 10.3. The number of rotatable bonds is 7. The highest BCUT2D eigenvalue weighted by Gasteiger charge is 2.32. The second-order valence-corrected chi connectivity index (χ2v) is 6.06. The van der Waals surface area contributed by atoms with Crippen molar-refractivity contribution in [2.24, 2.45) is 11.7 Å². The van der Waals surface area contributed by atoms with Crippen LogP contribution in [-0.2, 0) is 9.59 Å². The molecule has 146 valence electrons. The zero-order valence-corrected chi connectivity index (χ0v) is 15.1. The van der Waals surface area contributed by atoms with Gasteiger partial charge in [-0.25, -0.2) is 8.78 Å². The molecule has 1 atom stereocenters. The van der Waals surface area contributed by atoms with Gasteiger partial charge in [-0.1, -0.05) is 18.2 Å². The normalized spacial score (nSPS) is 17.2. The largest absolute Gasteiger partial charge is 0.484 e. The summed E-state index contributed by atoms with van der Waals surface area (Å²) in [7, 11) is 0. The quantitative estimate of drug-likeness (QED) is 0.736. The highest BCUT2D eigenvalue weighted by molar-refractivity contribution is 5.85. The Hall–Kier alpha value is -1.93. The van der Waals surface area contributed by atoms with E-state index in [9.17, 15) is 18.4 Å². The first-order chi connectivity index (χ1) is 11.9. The molecule has 1 unspecified atom stereocenters. The average molecular weight is 392 g/mol. The number of piperidine rings is 1. The van der Waals surface area contributed by atoms with Crippen LogP contribution in [0.5, 0.6) is 5.75 Å². The van der Waals surface area contributed by atoms with Crippen molar-refractivity contribution in [3.63, 3.8) is 0 Å². The first kappa shape index (κ1) is 22.1. The summed E-state index contributed by atoms with van der Waals surface area (Å²) >= 11 is 0. The summed E-state index contributed by atoms with van der Waals surface area (Å²) in [6.07, 6.45) is 1.20. The van der Waals surface area contributed by atoms with E-state index in [1.165, 1.54) is 4.90 Å². The molecule has 3 N–H and O–H groups in total. The monoisotopic (exact) mass is 391 g/mol. The molecular formula is C17H24ClF2N3O3. The molecule has 1 aromatic carbocycles. The Morgan fingerprint density at radius 2 is 2.00 bits per heavy atom. The molecule has 6 nitrogen and oxygen atoms in total. The van der Waals surface area contributed by atoms with Crippen molar-refractivity contribution in [3.8, 4) is 5.75 Å². The summed E-state index contributed by atoms with van der Waals surface area (Å²) in [4.78, 5) is 25.8. The fourth-order valence-electron chi connectivity index (χ4n) is 2.60. The molecule has 1 aromatic rings. The number of nitrogens with one attached hydrogen (secondary N) is 1. The molecule has 2 rings (SSSR count). The van der Waals surface area contributed by atoms with Crippen molar-refractivity contribution in [2.75, 3.05) is 32.8 Å². The standard InChI is InChI=1S/C17H23F2N3O3.ClH/c18-17(19,11-20)12-21-16(24)13-5-4-8-22(9-13)15(23)10-25-14-6-2-1-3-7-14;/h1-3,6-7,13H,4-5,8-12,20H2,(H,21,24);1H. The lowest BCUT2D eigenvalue weighted by Crippen LogP contribution is -2.49. The number of likely N-dealkylation sites (tertiary alicyclic amines) is 1. The molecule has 0 saturated carbocycles. The van der Waals surface area contributed by atoms with Crippen LogP contribution in [0, 0.1) is 5.92 Å². The van der Waals surface area contributed by atoms with Crippen molar-refractivity contribution in [1.29, 1.82) is 0 Å². The van der Waals surface area contributed by atoms with E-state index >= 15 is 0 Å². The zero-order chi connectivity index (χ0) is 18.3. The maximum absolute atomic E-state index is 13.1. The Kier molecular flexibility index (Phi) is 8.74. The first-order valence-corrected chi connectivity index (χ1v) is 8.22. The Morgan fingerprint density at radius 1 is 1.31 bits per heavy atom. The number of halogens is 3. The van der Waals surface area contributed by atoms with Gasteiger partial charge in [-0.2, -0.15) is 0 Å². The Labute approximate surface area is 157 Å². The molecule has 9 heteroatoms. The van der Waals surface area contributed by atoms with Crippen molar-refractivity contribution in [1.82, 2.24) is 10.2 Å². The minimum absolute atomic E-state index is 0. The van der Waals surface area contributed by atoms with E-state index in [0.717, 1.165) is 0 Å². The fourth-order valence-corrected chi connectivity index (χ4v) is 2.60. The Morgan fingerprint density at radius 3 is 2.65 bits per heavy atom. The minimum Gasteiger partial charge on any atom is -0.484 e. The second-order valence-electron chi connectivity index (χ2n) is 6.06. The fraction of sp³-hybridized carbons (Fsp3) is 0.529. The number of para-hydroxylation sites is 1. The SMILES string of the molecule is Cl.NCC(F)(F)CNC(=O)C1CCCN(C(=O)COc2ccccc2)C1. The molecule has 1 heterocycles. The molecule has 0 aromatic heterocycles. The van der Waals surface area contributed by atoms with Crippen LogP contribution >= 0.6 is 12.4 Å². The maximum atomic E-state index is 13.1. The highest BCUT2D eigenvalue weighted by atomic mass is 35.5. The lowest BCUT2D eigenvalue weighted by molar-refractivity contribution is -0.138. The number of carbonyl (C=O) groups excluding carboxylic acids is 2. The van der Waals surface area contributed by atoms with Crippen molar-refractivity contribution >= 4 is 24.2 Å². The lowest BCUT2D eigenvalue weighted by Gasteiger charge is -2.32. The summed E-state index contributed by atoms with van der Waals surface area (Å²) in [5, 5.41) is 2.22. The summed E-state index contributed by atoms with van der Waals surface area (Å²) in [5.41, 5.74) is 4.95. The summed E-state index contributed by atoms with van der Waals surface area (Å²) in [6, 6.07) is 8.95. The lowest BCUT2D eigenvalue weighted by atomic mass is 9.97. The minimum atomic E-state index is -3.12. The van der Waals surface area contributed by atoms with Gasteiger partial charge in [0, 0.05) is 13.1 Å². The van der Waals surface area contributed by atoms with Gasteiger partial charge in [-0.3, -0.25) is 9.59 Å². The van der Waals surface area contributed by atoms with Gasteiger partial charge in [-0.05, 0) is 25.0 Å². The summed E-state index contributed by atoms with van der Waals surface area (Å²) < 4.78 is 31.7. The van der Waals surface area contributed by atoms with Gasteiger partial charge < -0.3 is 20.7 Å². The number of alkyl halides is 2. The van der Waals surface area contributed by atoms with Gasteiger partial charge in [0.2, 0.25) is 5.91 Å². The van der Waals surface area contributed by atoms with Gasteiger partial charge >= 0.3 is 0 Å². The van der Waals surface area contributed by atoms with Crippen LogP contribution in [0.25, 0.3) is 0 Å². The van der Waals surface area contributed by atoms with Crippen LogP contribution in [-0.4, -0.2) is 55.4 Å². The molecule has 0 bridgehead atoms. The van der Waals surface area contributed by atoms with Gasteiger partial charge in [0.1, 0.15) is 5.75 Å². The zero-order valence-electron chi connectivity index (χ0n) is 14.3. The molecule has 1 fully saturated rings. The van der Waals surface area contributed by atoms with Crippen LogP contribution in [0.4, 0.5) is 8.78 Å². The highest BCUT2D eigenvalue weighted by Crippen LogP contribution is 2.18. The van der Waals surface area contributed by atoms with E-state index in [-0.39, 0.29) is 31.5 Å². The predicted molar refractivity (Wildman–Crippen MR) is 95.5 cm³/mol. The maximum Gasteiger partial charge on any atom is 0.277 e. The smallest absolute Gasteiger partial charge is 0.277 e. The first-order valence-electron chi connectivity index (χ1n) is 8.22. The molecule has 1 saturated heterocycles. The number of nitrogens with zero attached hydrogens (tertiary/aromatic N) is 1. The van der Waals surface area contributed by atoms with Crippen LogP contribution in [0.2, 0.25) is 0 Å². The molecular weight excluding hydrogens is 368 g/mol. The molecule has 1 aliphatic rings. The Balaban J connectivity index is 0.00000338. The van der Waals surface area contributed by atoms with Crippen LogP contribution in [0.3, 0.4) is 0 Å². The molecule has 1 aliphatic heterocycles. The van der Waals surface area contributed by atoms with Gasteiger partial charge in [-0.15, -0.1) is 12.4 Å². The van der Waals surface area contributed by atoms with Crippen LogP contribution < -0.4 is 15.8 Å². The summed E-state index contributed by atoms with van der Waals surface area (Å²) in [5.74, 6) is -3.74. The summed E-state index contributed by atoms with van der Waals surface area (Å²) in [6.45, 7) is -0.996. The number of nitrogens with two attached hydrogens (primary N) is 1. The van der Waals surface area contributed by atoms with E-state index in [4.69, 9.17) is 10.5 Å². The number of amides is 2. The van der Waals surface area contributed by atoms with Gasteiger partial charge in [0.05, 0.1) is 19.0 Å². The van der Waals surface area contributed by atoms with Crippen molar-refractivity contribution in [2.45, 2.75) is 18.8 Å². The van der Waals surface area contributed by atoms with Crippen LogP contribution in [0.1, 0.15) is 12.8 Å². The van der Waals surface area contributed by atoms with E-state index in [0.29, 0.717) is 25.1 Å². The van der Waals surface area contributed by atoms with Crippen LogP contribution in [0.15, 0.2) is 30.3 Å². The third-order valence-corrected chi connectivity index (χ3v) is 4.07. The average Bonchev–Trinajstić information content (AvgIpc) is 2.65. The number of hydrogen-bond acceptors (Lipinski definition) is 4. The third kappa shape index (κ3) is 6.76. The molecule has 0 aliphatic carbocycles. The molecule has 26 heavy (non-hydrogen) atoms. The third-order valence-electron chi connectivity index (χ3n) is 4.07. The molecule has 2 amide bonds. The van der Waals surface area contributed by atoms with Gasteiger partial charge in [0.15, 0.2) is 6.61 Å². The Bertz CT molecular complexity index is 590. The molecule has 0 spiro atoms.